The third kappa shape index (κ3) is 2.43. The monoisotopic (exact) mass is 253 g/mol. The average Bonchev–Trinajstić information content (AvgIpc) is 2.69. The van der Waals surface area contributed by atoms with Gasteiger partial charge in [-0.05, 0) is 29.1 Å². The molecule has 84 valence electrons. The van der Waals surface area contributed by atoms with Crippen molar-refractivity contribution in [1.82, 2.24) is 0 Å². The molecule has 3 nitrogen and oxygen atoms in total. The van der Waals surface area contributed by atoms with E-state index in [9.17, 15) is 8.42 Å². The average molecular weight is 253 g/mol. The molecule has 0 aliphatic carbocycles. The van der Waals surface area contributed by atoms with Crippen LogP contribution < -0.4 is 5.73 Å². The van der Waals surface area contributed by atoms with Gasteiger partial charge in [0.05, 0.1) is 5.75 Å². The lowest BCUT2D eigenvalue weighted by Gasteiger charge is -2.02. The Hall–Kier alpha value is -1.33. The molecule has 0 radical (unpaired) electrons. The van der Waals surface area contributed by atoms with Gasteiger partial charge in [0.25, 0.3) is 0 Å². The second-order valence-corrected chi connectivity index (χ2v) is 6.60. The highest BCUT2D eigenvalue weighted by atomic mass is 32.2. The van der Waals surface area contributed by atoms with Crippen molar-refractivity contribution in [2.45, 2.75) is 9.96 Å². The molecule has 1 aromatic carbocycles. The summed E-state index contributed by atoms with van der Waals surface area (Å²) in [6, 6.07) is 10.3. The molecule has 0 spiro atoms. The van der Waals surface area contributed by atoms with Crippen LogP contribution in [0.25, 0.3) is 0 Å². The Balaban J connectivity index is 2.29. The lowest BCUT2D eigenvalue weighted by molar-refractivity contribution is 0.597. The molecule has 1 heterocycles. The molecule has 0 amide bonds. The summed E-state index contributed by atoms with van der Waals surface area (Å²) >= 11 is 1.23. The quantitative estimate of drug-likeness (QED) is 0.854. The zero-order chi connectivity index (χ0) is 11.6. The van der Waals surface area contributed by atoms with Crippen molar-refractivity contribution in [3.05, 3.63) is 47.3 Å². The fraction of sp³-hybridized carbons (Fsp3) is 0.0909. The lowest BCUT2D eigenvalue weighted by Crippen LogP contribution is -2.03. The Morgan fingerprint density at radius 1 is 1.19 bits per heavy atom. The zero-order valence-corrected chi connectivity index (χ0v) is 10.1. The molecule has 0 bridgehead atoms. The Labute approximate surface area is 98.5 Å². The van der Waals surface area contributed by atoms with Crippen LogP contribution >= 0.6 is 11.3 Å². The Morgan fingerprint density at radius 3 is 2.62 bits per heavy atom. The summed E-state index contributed by atoms with van der Waals surface area (Å²) in [4.78, 5) is 0. The smallest absolute Gasteiger partial charge is 0.191 e. The third-order valence-corrected chi connectivity index (χ3v) is 5.28. The predicted molar refractivity (Wildman–Crippen MR) is 66.1 cm³/mol. The van der Waals surface area contributed by atoms with Crippen molar-refractivity contribution >= 4 is 26.9 Å². The summed E-state index contributed by atoms with van der Waals surface area (Å²) in [6.07, 6.45) is 0. The SMILES string of the molecule is Nc1cccc(CS(=O)(=O)c2cccs2)c1. The van der Waals surface area contributed by atoms with Gasteiger partial charge in [-0.3, -0.25) is 0 Å². The highest BCUT2D eigenvalue weighted by Crippen LogP contribution is 2.21. The summed E-state index contributed by atoms with van der Waals surface area (Å²) < 4.78 is 24.3. The van der Waals surface area contributed by atoms with Crippen LogP contribution in [-0.4, -0.2) is 8.42 Å². The van der Waals surface area contributed by atoms with Crippen LogP contribution in [0.1, 0.15) is 5.56 Å². The van der Waals surface area contributed by atoms with E-state index >= 15 is 0 Å². The van der Waals surface area contributed by atoms with E-state index in [1.807, 2.05) is 0 Å². The Morgan fingerprint density at radius 2 is 2.00 bits per heavy atom. The number of anilines is 1. The van der Waals surface area contributed by atoms with Gasteiger partial charge in [-0.25, -0.2) is 8.42 Å². The standard InChI is InChI=1S/C11H11NO2S2/c12-10-4-1-3-9(7-10)8-16(13,14)11-5-2-6-15-11/h1-7H,8,12H2. The number of benzene rings is 1. The Bertz CT molecular complexity index is 574. The summed E-state index contributed by atoms with van der Waals surface area (Å²) in [6.45, 7) is 0. The van der Waals surface area contributed by atoms with E-state index < -0.39 is 9.84 Å². The van der Waals surface area contributed by atoms with E-state index in [0.29, 0.717) is 15.5 Å². The fourth-order valence-corrected chi connectivity index (χ4v) is 3.84. The number of hydrogen-bond acceptors (Lipinski definition) is 4. The maximum atomic E-state index is 11.9. The van der Waals surface area contributed by atoms with Crippen molar-refractivity contribution in [2.75, 3.05) is 5.73 Å². The number of sulfone groups is 1. The van der Waals surface area contributed by atoms with E-state index in [4.69, 9.17) is 5.73 Å². The molecule has 2 aromatic rings. The van der Waals surface area contributed by atoms with Gasteiger partial charge >= 0.3 is 0 Å². The molecule has 1 aromatic heterocycles. The van der Waals surface area contributed by atoms with Crippen molar-refractivity contribution in [2.24, 2.45) is 0 Å². The number of hydrogen-bond donors (Lipinski definition) is 1. The molecule has 0 unspecified atom stereocenters. The number of rotatable bonds is 3. The topological polar surface area (TPSA) is 60.2 Å². The zero-order valence-electron chi connectivity index (χ0n) is 8.46. The van der Waals surface area contributed by atoms with Gasteiger partial charge in [-0.15, -0.1) is 11.3 Å². The van der Waals surface area contributed by atoms with Crippen molar-refractivity contribution in [3.63, 3.8) is 0 Å². The van der Waals surface area contributed by atoms with E-state index in [1.165, 1.54) is 11.3 Å². The minimum Gasteiger partial charge on any atom is -0.399 e. The van der Waals surface area contributed by atoms with Crippen LogP contribution in [-0.2, 0) is 15.6 Å². The molecule has 5 heteroatoms. The van der Waals surface area contributed by atoms with Gasteiger partial charge < -0.3 is 5.73 Å². The summed E-state index contributed by atoms with van der Waals surface area (Å²) in [7, 11) is -3.22. The first kappa shape index (κ1) is 11.2. The number of nitrogen functional groups attached to an aromatic ring is 1. The molecule has 0 saturated carbocycles. The molecule has 0 saturated heterocycles. The fourth-order valence-electron chi connectivity index (χ4n) is 1.41. The second-order valence-electron chi connectivity index (χ2n) is 3.44. The van der Waals surface area contributed by atoms with E-state index in [0.717, 1.165) is 0 Å². The van der Waals surface area contributed by atoms with Crippen LogP contribution in [0.15, 0.2) is 46.0 Å². The van der Waals surface area contributed by atoms with Crippen LogP contribution in [0.4, 0.5) is 5.69 Å². The summed E-state index contributed by atoms with van der Waals surface area (Å²) in [5, 5.41) is 1.76. The van der Waals surface area contributed by atoms with Crippen molar-refractivity contribution < 1.29 is 8.42 Å². The molecule has 2 rings (SSSR count). The summed E-state index contributed by atoms with van der Waals surface area (Å²) in [5.74, 6) is -0.00144. The molecule has 0 fully saturated rings. The molecule has 16 heavy (non-hydrogen) atoms. The van der Waals surface area contributed by atoms with Gasteiger partial charge in [0.15, 0.2) is 9.84 Å². The molecular weight excluding hydrogens is 242 g/mol. The highest BCUT2D eigenvalue weighted by Gasteiger charge is 2.16. The number of nitrogens with two attached hydrogens (primary N) is 1. The van der Waals surface area contributed by atoms with Crippen molar-refractivity contribution in [3.8, 4) is 0 Å². The molecule has 0 atom stereocenters. The molecule has 0 aliphatic heterocycles. The van der Waals surface area contributed by atoms with Crippen LogP contribution in [0, 0.1) is 0 Å². The largest absolute Gasteiger partial charge is 0.399 e. The minimum atomic E-state index is -3.22. The third-order valence-electron chi connectivity index (χ3n) is 2.11. The van der Waals surface area contributed by atoms with Crippen LogP contribution in [0.5, 0.6) is 0 Å². The first-order chi connectivity index (χ1) is 7.58. The van der Waals surface area contributed by atoms with E-state index in [2.05, 4.69) is 0 Å². The number of thiophene rings is 1. The van der Waals surface area contributed by atoms with Crippen molar-refractivity contribution in [1.29, 1.82) is 0 Å². The predicted octanol–water partition coefficient (Wildman–Crippen LogP) is 2.30. The first-order valence-corrected chi connectivity index (χ1v) is 7.22. The first-order valence-electron chi connectivity index (χ1n) is 4.68. The molecular formula is C11H11NO2S2. The van der Waals surface area contributed by atoms with Gasteiger partial charge in [0, 0.05) is 5.69 Å². The van der Waals surface area contributed by atoms with E-state index in [-0.39, 0.29) is 5.75 Å². The van der Waals surface area contributed by atoms with E-state index in [1.54, 1.807) is 41.8 Å². The van der Waals surface area contributed by atoms with Crippen LogP contribution in [0.2, 0.25) is 0 Å². The highest BCUT2D eigenvalue weighted by molar-refractivity contribution is 7.92. The van der Waals surface area contributed by atoms with Gasteiger partial charge in [-0.1, -0.05) is 18.2 Å². The van der Waals surface area contributed by atoms with Gasteiger partial charge in [0.1, 0.15) is 4.21 Å². The van der Waals surface area contributed by atoms with Gasteiger partial charge in [0.2, 0.25) is 0 Å². The Kier molecular flexibility index (Phi) is 2.98. The molecule has 0 aliphatic rings. The summed E-state index contributed by atoms with van der Waals surface area (Å²) in [5.41, 5.74) is 6.90. The second kappa shape index (κ2) is 4.27. The maximum absolute atomic E-state index is 11.9. The normalized spacial score (nSPS) is 11.5. The van der Waals surface area contributed by atoms with Gasteiger partial charge in [-0.2, -0.15) is 0 Å². The van der Waals surface area contributed by atoms with Crippen LogP contribution in [0.3, 0.4) is 0 Å². The molecule has 2 N–H and O–H groups in total. The minimum absolute atomic E-state index is 0.00144. The lowest BCUT2D eigenvalue weighted by atomic mass is 10.2. The maximum Gasteiger partial charge on any atom is 0.191 e.